The fraction of sp³-hybridized carbons (Fsp3) is 0.824. The van der Waals surface area contributed by atoms with Gasteiger partial charge >= 0.3 is 11.9 Å². The number of hydrogen-bond donors (Lipinski definition) is 6. The molecule has 1 heterocycles. The number of aliphatic carboxylic acids is 1. The summed E-state index contributed by atoms with van der Waals surface area (Å²) < 4.78 is 6.13. The Bertz CT molecular complexity index is 1500. The van der Waals surface area contributed by atoms with Crippen molar-refractivity contribution in [3.8, 4) is 0 Å². The van der Waals surface area contributed by atoms with Crippen LogP contribution in [0.5, 0.6) is 0 Å². The zero-order valence-electron chi connectivity index (χ0n) is 42.3. The smallest absolute Gasteiger partial charge is 0.328 e. The van der Waals surface area contributed by atoms with Crippen LogP contribution in [-0.4, -0.2) is 82.8 Å². The predicted molar refractivity (Wildman–Crippen MR) is 257 cm³/mol. The lowest BCUT2D eigenvalue weighted by atomic mass is 9.90. The number of unbranched alkanes of at least 4 members (excludes halogenated alkanes) is 6. The second-order valence-corrected chi connectivity index (χ2v) is 21.0. The van der Waals surface area contributed by atoms with Crippen LogP contribution >= 0.6 is 0 Å². The van der Waals surface area contributed by atoms with Gasteiger partial charge in [0.25, 0.3) is 0 Å². The Labute approximate surface area is 392 Å². The minimum absolute atomic E-state index is 0.00188. The third-order valence-corrected chi connectivity index (χ3v) is 11.9. The number of ketones is 1. The lowest BCUT2D eigenvalue weighted by molar-refractivity contribution is -0.154. The molecule has 0 bridgehead atoms. The number of carboxylic acid groups (broad SMARTS) is 1. The van der Waals surface area contributed by atoms with Crippen LogP contribution in [0.1, 0.15) is 198 Å². The molecule has 0 aromatic heterocycles. The number of esters is 1. The van der Waals surface area contributed by atoms with Crippen molar-refractivity contribution >= 4 is 41.4 Å². The van der Waals surface area contributed by atoms with Crippen molar-refractivity contribution in [3.63, 3.8) is 0 Å². The van der Waals surface area contributed by atoms with E-state index in [1.165, 1.54) is 19.3 Å². The quantitative estimate of drug-likeness (QED) is 0.0508. The first-order valence-corrected chi connectivity index (χ1v) is 25.1. The highest BCUT2D eigenvalue weighted by Gasteiger charge is 2.34. The summed E-state index contributed by atoms with van der Waals surface area (Å²) in [6, 6.07) is -4.97. The fourth-order valence-corrected chi connectivity index (χ4v) is 8.32. The van der Waals surface area contributed by atoms with Crippen LogP contribution < -0.4 is 26.6 Å². The Morgan fingerprint density at radius 3 is 1.66 bits per heavy atom. The number of cyclic esters (lactones) is 1. The molecule has 6 N–H and O–H groups in total. The normalized spacial score (nSPS) is 24.6. The van der Waals surface area contributed by atoms with Crippen LogP contribution in [0.2, 0.25) is 0 Å². The molecular formula is C51H91N5O9. The molecule has 1 fully saturated rings. The maximum absolute atomic E-state index is 14.0. The van der Waals surface area contributed by atoms with E-state index in [4.69, 9.17) is 4.74 Å². The lowest BCUT2D eigenvalue weighted by Gasteiger charge is -2.29. The fourth-order valence-electron chi connectivity index (χ4n) is 8.32. The molecular weight excluding hydrogens is 827 g/mol. The molecule has 7 atom stereocenters. The molecule has 1 saturated heterocycles. The first kappa shape index (κ1) is 59.0. The molecule has 0 unspecified atom stereocenters. The highest BCUT2D eigenvalue weighted by molar-refractivity contribution is 5.96. The van der Waals surface area contributed by atoms with Crippen LogP contribution in [0, 0.1) is 35.5 Å². The van der Waals surface area contributed by atoms with E-state index in [1.54, 1.807) is 0 Å². The molecule has 14 heteroatoms. The summed E-state index contributed by atoms with van der Waals surface area (Å²) in [7, 11) is 0. The number of hydrogen-bond acceptors (Lipinski definition) is 9. The zero-order chi connectivity index (χ0) is 49.2. The van der Waals surface area contributed by atoms with Crippen molar-refractivity contribution in [1.82, 2.24) is 26.6 Å². The molecule has 1 rings (SSSR count). The molecule has 0 aromatic carbocycles. The van der Waals surface area contributed by atoms with E-state index < -0.39 is 78.3 Å². The minimum atomic E-state index is -1.32. The number of amides is 4. The first-order valence-electron chi connectivity index (χ1n) is 25.1. The van der Waals surface area contributed by atoms with Gasteiger partial charge in [-0.15, -0.1) is 0 Å². The van der Waals surface area contributed by atoms with Gasteiger partial charge in [-0.3, -0.25) is 28.8 Å². The number of carbonyl (C=O) groups excluding carboxylic acids is 6. The molecule has 1 aliphatic rings. The number of carbonyl (C=O) groups is 7. The monoisotopic (exact) mass is 918 g/mol. The Morgan fingerprint density at radius 2 is 1.14 bits per heavy atom. The Morgan fingerprint density at radius 1 is 0.631 bits per heavy atom. The van der Waals surface area contributed by atoms with E-state index in [-0.39, 0.29) is 67.5 Å². The zero-order valence-corrected chi connectivity index (χ0v) is 42.3. The maximum atomic E-state index is 14.0. The Kier molecular flexibility index (Phi) is 28.9. The van der Waals surface area contributed by atoms with Crippen molar-refractivity contribution in [2.45, 2.75) is 234 Å². The Hall–Kier alpha value is -3.97. The van der Waals surface area contributed by atoms with E-state index in [0.29, 0.717) is 43.7 Å². The predicted octanol–water partition coefficient (Wildman–Crippen LogP) is 8.30. The molecule has 0 spiro atoms. The summed E-state index contributed by atoms with van der Waals surface area (Å²) in [5.74, 6) is -3.74. The van der Waals surface area contributed by atoms with Gasteiger partial charge in [0.15, 0.2) is 5.78 Å². The van der Waals surface area contributed by atoms with Crippen LogP contribution in [-0.2, 0) is 38.3 Å². The molecule has 0 radical (unpaired) electrons. The lowest BCUT2D eigenvalue weighted by Crippen LogP contribution is -2.58. The van der Waals surface area contributed by atoms with E-state index in [2.05, 4.69) is 47.0 Å². The summed E-state index contributed by atoms with van der Waals surface area (Å²) in [5, 5.41) is 24.1. The second-order valence-electron chi connectivity index (χ2n) is 21.0. The van der Waals surface area contributed by atoms with Gasteiger partial charge < -0.3 is 36.4 Å². The van der Waals surface area contributed by atoms with Crippen molar-refractivity contribution < 1.29 is 43.4 Å². The molecule has 4 amide bonds. The summed E-state index contributed by atoms with van der Waals surface area (Å²) in [6.07, 6.45) is 10.3. The third-order valence-electron chi connectivity index (χ3n) is 11.9. The molecule has 0 saturated carbocycles. The molecule has 1 aliphatic heterocycles. The molecule has 0 aromatic rings. The Balaban J connectivity index is 3.61. The molecule has 374 valence electrons. The van der Waals surface area contributed by atoms with Crippen LogP contribution in [0.25, 0.3) is 0 Å². The van der Waals surface area contributed by atoms with Crippen molar-refractivity contribution in [1.29, 1.82) is 0 Å². The van der Waals surface area contributed by atoms with Gasteiger partial charge in [-0.05, 0) is 93.3 Å². The highest BCUT2D eigenvalue weighted by Crippen LogP contribution is 2.21. The summed E-state index contributed by atoms with van der Waals surface area (Å²) in [5.41, 5.74) is 0.660. The minimum Gasteiger partial charge on any atom is -0.481 e. The summed E-state index contributed by atoms with van der Waals surface area (Å²) in [6.45, 7) is 26.0. The van der Waals surface area contributed by atoms with Crippen LogP contribution in [0.15, 0.2) is 12.3 Å². The van der Waals surface area contributed by atoms with E-state index in [9.17, 15) is 38.7 Å². The van der Waals surface area contributed by atoms with E-state index in [1.807, 2.05) is 62.3 Å². The maximum Gasteiger partial charge on any atom is 0.328 e. The average Bonchev–Trinajstić information content (AvgIpc) is 3.18. The summed E-state index contributed by atoms with van der Waals surface area (Å²) >= 11 is 0. The molecule has 0 aliphatic carbocycles. The number of carboxylic acids is 1. The second kappa shape index (κ2) is 31.9. The SMILES string of the molecule is C=C1CCC[C@H](C)CC(=O)[C@H](C(C)C)NC(=O)[C@@H](CC(C)C)NC(=O)[C@H](CC(C)C)NC(=O)[C@H](CCC(=O)O)NC(=O)C[C@@H](CCCCCCCCCC(C)C)OC(=O)[C@H](CC(C)C)N1. The highest BCUT2D eigenvalue weighted by atomic mass is 16.5. The van der Waals surface area contributed by atoms with Gasteiger partial charge in [0, 0.05) is 18.5 Å². The van der Waals surface area contributed by atoms with Gasteiger partial charge in [0.05, 0.1) is 12.5 Å². The van der Waals surface area contributed by atoms with Crippen molar-refractivity contribution in [3.05, 3.63) is 12.3 Å². The van der Waals surface area contributed by atoms with Gasteiger partial charge in [-0.2, -0.15) is 0 Å². The number of allylic oxidation sites excluding steroid dienone is 1. The van der Waals surface area contributed by atoms with Gasteiger partial charge in [0.1, 0.15) is 30.3 Å². The topological polar surface area (TPSA) is 209 Å². The van der Waals surface area contributed by atoms with Crippen LogP contribution in [0.4, 0.5) is 0 Å². The van der Waals surface area contributed by atoms with Crippen LogP contribution in [0.3, 0.4) is 0 Å². The number of nitrogens with one attached hydrogen (secondary N) is 5. The van der Waals surface area contributed by atoms with Crippen molar-refractivity contribution in [2.75, 3.05) is 0 Å². The van der Waals surface area contributed by atoms with Gasteiger partial charge in [-0.25, -0.2) is 4.79 Å². The van der Waals surface area contributed by atoms with E-state index in [0.717, 1.165) is 32.1 Å². The van der Waals surface area contributed by atoms with Gasteiger partial charge in [-0.1, -0.05) is 128 Å². The first-order chi connectivity index (χ1) is 30.5. The molecule has 14 nitrogen and oxygen atoms in total. The number of rotatable bonds is 20. The van der Waals surface area contributed by atoms with E-state index >= 15 is 0 Å². The summed E-state index contributed by atoms with van der Waals surface area (Å²) in [4.78, 5) is 95.3. The largest absolute Gasteiger partial charge is 0.481 e. The third kappa shape index (κ3) is 26.7. The molecule has 65 heavy (non-hydrogen) atoms. The number of Topliss-reactive ketones (excluding diaryl/α,β-unsaturated/α-hetero) is 1. The number of ether oxygens (including phenoxy) is 1. The van der Waals surface area contributed by atoms with Crippen molar-refractivity contribution in [2.24, 2.45) is 35.5 Å². The standard InChI is InChI=1S/C51H91N5O9/c1-32(2)21-18-16-14-13-15-17-19-24-39-31-45(58)53-40(25-26-46(59)60)48(61)54-41(27-33(3)4)49(62)55-42(28-34(5)6)50(63)56-47(36(9)10)44(57)30-37(11)22-20-23-38(12)52-43(29-35(7)8)51(64)65-39/h32-37,39-43,47,52H,12-31H2,1-11H3,(H,53,58)(H,54,61)(H,55,62)(H,56,63)(H,59,60)/t37-,39+,40-,41-,42+,43-,47-/m0/s1. The average molecular weight is 918 g/mol. The van der Waals surface area contributed by atoms with Gasteiger partial charge in [0.2, 0.25) is 23.6 Å².